The van der Waals surface area contributed by atoms with Crippen molar-refractivity contribution >= 4 is 0 Å². The van der Waals surface area contributed by atoms with E-state index in [0.717, 1.165) is 17.3 Å². The van der Waals surface area contributed by atoms with Gasteiger partial charge in [-0.05, 0) is 19.3 Å². The second-order valence-electron chi connectivity index (χ2n) is 3.81. The fourth-order valence-corrected chi connectivity index (χ4v) is 1.37. The van der Waals surface area contributed by atoms with Crippen LogP contribution < -0.4 is 12.4 Å². The van der Waals surface area contributed by atoms with E-state index in [-0.39, 0.29) is 12.4 Å². The Balaban J connectivity index is 0. The Bertz CT molecular complexity index is 96.5. The van der Waals surface area contributed by atoms with Gasteiger partial charge in [0.1, 0.15) is 0 Å². The van der Waals surface area contributed by atoms with Gasteiger partial charge in [-0.15, -0.1) is 0 Å². The van der Waals surface area contributed by atoms with Crippen molar-refractivity contribution in [3.05, 3.63) is 0 Å². The monoisotopic (exact) mass is 195 g/mol. The first-order valence-electron chi connectivity index (χ1n) is 4.55. The summed E-state index contributed by atoms with van der Waals surface area (Å²) in [6, 6.07) is 0. The van der Waals surface area contributed by atoms with Gasteiger partial charge < -0.3 is 22.0 Å². The molecule has 0 saturated heterocycles. The van der Waals surface area contributed by atoms with Crippen LogP contribution >= 0.6 is 0 Å². The molecule has 0 spiro atoms. The number of aliphatic hydroxyl groups excluding tert-OH is 1. The molecule has 0 rings (SSSR count). The van der Waals surface area contributed by atoms with Crippen molar-refractivity contribution in [1.82, 2.24) is 0 Å². The van der Waals surface area contributed by atoms with Crippen LogP contribution in [0.3, 0.4) is 0 Å². The van der Waals surface area contributed by atoms with Gasteiger partial charge in [0.05, 0.1) is 27.2 Å². The number of hydrogen-bond donors (Lipinski definition) is 1. The molecule has 0 bridgehead atoms. The Morgan fingerprint density at radius 2 is 1.67 bits per heavy atom. The van der Waals surface area contributed by atoms with Gasteiger partial charge in [-0.3, -0.25) is 0 Å². The fourth-order valence-electron chi connectivity index (χ4n) is 1.37. The largest absolute Gasteiger partial charge is 1.00 e. The molecule has 2 nitrogen and oxygen atoms in total. The molecule has 0 radical (unpaired) electrons. The Hall–Kier alpha value is 0.210. The van der Waals surface area contributed by atoms with Gasteiger partial charge in [-0.2, -0.15) is 0 Å². The first-order chi connectivity index (χ1) is 5.12. The van der Waals surface area contributed by atoms with E-state index in [2.05, 4.69) is 21.0 Å². The summed E-state index contributed by atoms with van der Waals surface area (Å²) in [4.78, 5) is 0. The molecule has 1 N–H and O–H groups in total. The van der Waals surface area contributed by atoms with Crippen LogP contribution in [-0.2, 0) is 0 Å². The second-order valence-corrected chi connectivity index (χ2v) is 3.81. The van der Waals surface area contributed by atoms with Gasteiger partial charge in [-0.1, -0.05) is 6.92 Å². The molecule has 0 aromatic rings. The Morgan fingerprint density at radius 1 is 1.08 bits per heavy atom. The number of nitrogens with zero attached hydrogens (tertiary/aromatic N) is 1. The number of unbranched alkanes of at least 4 members (excludes halogenated alkanes) is 1. The van der Waals surface area contributed by atoms with Crippen LogP contribution in [0, 0.1) is 0 Å². The van der Waals surface area contributed by atoms with Crippen molar-refractivity contribution in [2.45, 2.75) is 26.2 Å². The van der Waals surface area contributed by atoms with Crippen LogP contribution in [0.1, 0.15) is 26.2 Å². The number of quaternary nitrogens is 1. The summed E-state index contributed by atoms with van der Waals surface area (Å²) in [6.07, 6.45) is 3.33. The van der Waals surface area contributed by atoms with Crippen molar-refractivity contribution in [1.29, 1.82) is 0 Å². The zero-order valence-corrected chi connectivity index (χ0v) is 9.27. The molecule has 3 heteroatoms. The van der Waals surface area contributed by atoms with Crippen LogP contribution in [0.5, 0.6) is 0 Å². The lowest BCUT2D eigenvalue weighted by Crippen LogP contribution is -3.00. The molecule has 76 valence electrons. The molecule has 0 amide bonds. The third-order valence-electron chi connectivity index (χ3n) is 2.00. The molecular weight excluding hydrogens is 174 g/mol. The van der Waals surface area contributed by atoms with E-state index >= 15 is 0 Å². The standard InChI is InChI=1S/C9H22NO.ClH/c1-4-7-10(2,3)8-5-6-9-11;/h11H,4-9H2,1-3H3;1H/q+1;/p-1. The van der Waals surface area contributed by atoms with Crippen LogP contribution in [-0.4, -0.2) is 43.4 Å². The summed E-state index contributed by atoms with van der Waals surface area (Å²) in [5.41, 5.74) is 0. The Kier molecular flexibility index (Phi) is 9.61. The molecule has 0 aliphatic carbocycles. The van der Waals surface area contributed by atoms with E-state index in [4.69, 9.17) is 5.11 Å². The molecule has 0 aromatic carbocycles. The summed E-state index contributed by atoms with van der Waals surface area (Å²) in [6.45, 7) is 4.98. The van der Waals surface area contributed by atoms with E-state index in [0.29, 0.717) is 6.61 Å². The highest BCUT2D eigenvalue weighted by atomic mass is 35.5. The summed E-state index contributed by atoms with van der Waals surface area (Å²) in [5.74, 6) is 0. The fraction of sp³-hybridized carbons (Fsp3) is 1.00. The van der Waals surface area contributed by atoms with E-state index in [9.17, 15) is 0 Å². The van der Waals surface area contributed by atoms with Crippen LogP contribution in [0.15, 0.2) is 0 Å². The van der Waals surface area contributed by atoms with E-state index in [1.54, 1.807) is 0 Å². The maximum atomic E-state index is 8.59. The van der Waals surface area contributed by atoms with Crippen LogP contribution in [0.2, 0.25) is 0 Å². The summed E-state index contributed by atoms with van der Waals surface area (Å²) < 4.78 is 1.09. The first kappa shape index (κ1) is 14.7. The minimum Gasteiger partial charge on any atom is -1.00 e. The van der Waals surface area contributed by atoms with Gasteiger partial charge in [0.2, 0.25) is 0 Å². The van der Waals surface area contributed by atoms with Crippen molar-refractivity contribution in [2.75, 3.05) is 33.8 Å². The van der Waals surface area contributed by atoms with Crippen LogP contribution in [0.4, 0.5) is 0 Å². The lowest BCUT2D eigenvalue weighted by molar-refractivity contribution is -0.890. The predicted molar refractivity (Wildman–Crippen MR) is 48.5 cm³/mol. The summed E-state index contributed by atoms with van der Waals surface area (Å²) in [7, 11) is 4.50. The van der Waals surface area contributed by atoms with Crippen molar-refractivity contribution in [3.8, 4) is 0 Å². The lowest BCUT2D eigenvalue weighted by Gasteiger charge is -2.29. The van der Waals surface area contributed by atoms with E-state index in [1.165, 1.54) is 19.5 Å². The zero-order valence-electron chi connectivity index (χ0n) is 8.52. The van der Waals surface area contributed by atoms with Crippen molar-refractivity contribution in [2.24, 2.45) is 0 Å². The van der Waals surface area contributed by atoms with Crippen molar-refractivity contribution in [3.63, 3.8) is 0 Å². The highest BCUT2D eigenvalue weighted by Gasteiger charge is 2.11. The average Bonchev–Trinajstić information content (AvgIpc) is 1.87. The Morgan fingerprint density at radius 3 is 2.08 bits per heavy atom. The third kappa shape index (κ3) is 8.31. The molecule has 0 fully saturated rings. The summed E-state index contributed by atoms with van der Waals surface area (Å²) in [5, 5.41) is 8.59. The molecule has 12 heavy (non-hydrogen) atoms. The minimum atomic E-state index is 0. The summed E-state index contributed by atoms with van der Waals surface area (Å²) >= 11 is 0. The quantitative estimate of drug-likeness (QED) is 0.394. The minimum absolute atomic E-state index is 0. The van der Waals surface area contributed by atoms with Gasteiger partial charge in [-0.25, -0.2) is 0 Å². The molecular formula is C9H22ClNO. The topological polar surface area (TPSA) is 20.2 Å². The van der Waals surface area contributed by atoms with Crippen LogP contribution in [0.25, 0.3) is 0 Å². The molecule has 0 unspecified atom stereocenters. The molecule has 0 saturated carbocycles. The number of aliphatic hydroxyl groups is 1. The van der Waals surface area contributed by atoms with E-state index < -0.39 is 0 Å². The molecule has 0 aliphatic rings. The smallest absolute Gasteiger partial charge is 0.0783 e. The van der Waals surface area contributed by atoms with Gasteiger partial charge in [0.15, 0.2) is 0 Å². The molecule has 0 heterocycles. The normalized spacial score (nSPS) is 11.0. The highest BCUT2D eigenvalue weighted by Crippen LogP contribution is 2.02. The molecule has 0 aliphatic heterocycles. The highest BCUT2D eigenvalue weighted by molar-refractivity contribution is 4.37. The maximum Gasteiger partial charge on any atom is 0.0783 e. The first-order valence-corrected chi connectivity index (χ1v) is 4.55. The average molecular weight is 196 g/mol. The van der Waals surface area contributed by atoms with E-state index in [1.807, 2.05) is 0 Å². The molecule has 0 atom stereocenters. The number of halogens is 1. The molecule has 0 aromatic heterocycles. The van der Waals surface area contributed by atoms with Gasteiger partial charge in [0, 0.05) is 6.61 Å². The number of hydrogen-bond acceptors (Lipinski definition) is 1. The van der Waals surface area contributed by atoms with Gasteiger partial charge >= 0.3 is 0 Å². The van der Waals surface area contributed by atoms with Crippen molar-refractivity contribution < 1.29 is 22.0 Å². The number of rotatable bonds is 6. The third-order valence-corrected chi connectivity index (χ3v) is 2.00. The van der Waals surface area contributed by atoms with Gasteiger partial charge in [0.25, 0.3) is 0 Å². The SMILES string of the molecule is CCC[N+](C)(C)CCCCO.[Cl-]. The second kappa shape index (κ2) is 7.84. The lowest BCUT2D eigenvalue weighted by atomic mass is 10.2. The Labute approximate surface area is 82.6 Å². The zero-order chi connectivity index (χ0) is 8.74. The maximum absolute atomic E-state index is 8.59. The predicted octanol–water partition coefficient (Wildman–Crippen LogP) is -1.75.